The molecule has 7 heteroatoms. The van der Waals surface area contributed by atoms with Crippen molar-refractivity contribution in [2.75, 3.05) is 11.9 Å². The van der Waals surface area contributed by atoms with Crippen LogP contribution < -0.4 is 5.32 Å². The number of halogens is 3. The number of thiophene rings is 1. The summed E-state index contributed by atoms with van der Waals surface area (Å²) in [5.74, 6) is 0. The number of ether oxygens (including phenoxy) is 1. The Morgan fingerprint density at radius 1 is 1.53 bits per heavy atom. The number of carbonyl (C=O) groups excluding carboxylic acids is 1. The average molecular weight is 239 g/mol. The Balaban J connectivity index is 2.37. The van der Waals surface area contributed by atoms with Gasteiger partial charge in [0.05, 0.1) is 5.00 Å². The molecule has 1 rings (SSSR count). The molecule has 0 bridgehead atoms. The molecule has 0 radical (unpaired) electrons. The Morgan fingerprint density at radius 3 is 2.67 bits per heavy atom. The summed E-state index contributed by atoms with van der Waals surface area (Å²) in [5.41, 5.74) is 0. The summed E-state index contributed by atoms with van der Waals surface area (Å²) in [6.07, 6.45) is -5.60. The van der Waals surface area contributed by atoms with Gasteiger partial charge in [-0.15, -0.1) is 11.3 Å². The van der Waals surface area contributed by atoms with E-state index >= 15 is 0 Å². The molecule has 0 spiro atoms. The van der Waals surface area contributed by atoms with Crippen LogP contribution in [-0.2, 0) is 4.74 Å². The van der Waals surface area contributed by atoms with Gasteiger partial charge in [0, 0.05) is 4.88 Å². The van der Waals surface area contributed by atoms with Crippen molar-refractivity contribution in [3.8, 4) is 0 Å². The highest BCUT2D eigenvalue weighted by atomic mass is 32.1. The van der Waals surface area contributed by atoms with Crippen molar-refractivity contribution in [2.45, 2.75) is 13.1 Å². The maximum atomic E-state index is 11.7. The van der Waals surface area contributed by atoms with Gasteiger partial charge in [-0.05, 0) is 19.1 Å². The largest absolute Gasteiger partial charge is 0.440 e. The van der Waals surface area contributed by atoms with E-state index in [1.54, 1.807) is 12.1 Å². The number of rotatable bonds is 2. The first-order chi connectivity index (χ1) is 6.87. The minimum absolute atomic E-state index is 0.458. The highest BCUT2D eigenvalue weighted by Gasteiger charge is 2.29. The molecule has 1 amide bonds. The zero-order valence-electron chi connectivity index (χ0n) is 7.72. The van der Waals surface area contributed by atoms with Crippen LogP contribution in [0.15, 0.2) is 12.1 Å². The van der Waals surface area contributed by atoms with Crippen LogP contribution in [0.5, 0.6) is 0 Å². The Bertz CT molecular complexity index is 348. The van der Waals surface area contributed by atoms with E-state index in [1.165, 1.54) is 11.3 Å². The summed E-state index contributed by atoms with van der Waals surface area (Å²) in [7, 11) is 0. The van der Waals surface area contributed by atoms with Crippen molar-refractivity contribution in [1.29, 1.82) is 0 Å². The highest BCUT2D eigenvalue weighted by molar-refractivity contribution is 7.16. The second kappa shape index (κ2) is 4.52. The molecule has 1 aromatic rings. The van der Waals surface area contributed by atoms with Gasteiger partial charge in [0.2, 0.25) is 0 Å². The number of nitrogens with one attached hydrogen (secondary N) is 1. The lowest BCUT2D eigenvalue weighted by Crippen LogP contribution is -2.23. The lowest BCUT2D eigenvalue weighted by Gasteiger charge is -2.07. The third-order valence-electron chi connectivity index (χ3n) is 1.33. The molecular weight excluding hydrogens is 231 g/mol. The van der Waals surface area contributed by atoms with Crippen LogP contribution in [0.25, 0.3) is 0 Å². The fraction of sp³-hybridized carbons (Fsp3) is 0.375. The number of aryl methyl sites for hydroxylation is 1. The minimum Gasteiger partial charge on any atom is -0.440 e. The molecule has 0 atom stereocenters. The quantitative estimate of drug-likeness (QED) is 0.860. The number of alkyl halides is 3. The summed E-state index contributed by atoms with van der Waals surface area (Å²) >= 11 is 1.26. The molecule has 0 fully saturated rings. The van der Waals surface area contributed by atoms with Gasteiger partial charge in [-0.25, -0.2) is 4.79 Å². The summed E-state index contributed by atoms with van der Waals surface area (Å²) in [4.78, 5) is 11.8. The zero-order chi connectivity index (χ0) is 11.5. The fourth-order valence-corrected chi connectivity index (χ4v) is 1.54. The summed E-state index contributed by atoms with van der Waals surface area (Å²) in [6, 6.07) is 3.33. The molecule has 1 aromatic heterocycles. The van der Waals surface area contributed by atoms with Crippen LogP contribution in [0.3, 0.4) is 0 Å². The minimum atomic E-state index is -4.50. The number of amides is 1. The van der Waals surface area contributed by atoms with Crippen LogP contribution in [0.1, 0.15) is 4.88 Å². The third kappa shape index (κ3) is 4.68. The maximum Gasteiger partial charge on any atom is 0.422 e. The van der Waals surface area contributed by atoms with E-state index < -0.39 is 18.9 Å². The van der Waals surface area contributed by atoms with Gasteiger partial charge in [-0.2, -0.15) is 13.2 Å². The van der Waals surface area contributed by atoms with E-state index in [-0.39, 0.29) is 0 Å². The van der Waals surface area contributed by atoms with Crippen molar-refractivity contribution in [2.24, 2.45) is 0 Å². The Labute approximate surface area is 87.9 Å². The Morgan fingerprint density at radius 2 is 2.20 bits per heavy atom. The van der Waals surface area contributed by atoms with Crippen LogP contribution in [-0.4, -0.2) is 18.9 Å². The lowest BCUT2D eigenvalue weighted by atomic mass is 10.5. The molecule has 0 unspecified atom stereocenters. The molecule has 1 heterocycles. The van der Waals surface area contributed by atoms with Gasteiger partial charge in [0.15, 0.2) is 6.61 Å². The summed E-state index contributed by atoms with van der Waals surface area (Å²) < 4.78 is 38.9. The Hall–Kier alpha value is -1.24. The van der Waals surface area contributed by atoms with E-state index in [0.717, 1.165) is 4.88 Å². The van der Waals surface area contributed by atoms with Crippen molar-refractivity contribution in [3.05, 3.63) is 17.0 Å². The molecule has 1 N–H and O–H groups in total. The van der Waals surface area contributed by atoms with Gasteiger partial charge in [0.25, 0.3) is 0 Å². The van der Waals surface area contributed by atoms with Crippen molar-refractivity contribution >= 4 is 22.4 Å². The van der Waals surface area contributed by atoms with Gasteiger partial charge in [0.1, 0.15) is 0 Å². The number of hydrogen-bond acceptors (Lipinski definition) is 3. The molecule has 0 aliphatic rings. The predicted octanol–water partition coefficient (Wildman–Crippen LogP) is 3.17. The number of carbonyl (C=O) groups is 1. The average Bonchev–Trinajstić information content (AvgIpc) is 2.47. The molecule has 0 aliphatic heterocycles. The zero-order valence-corrected chi connectivity index (χ0v) is 8.54. The SMILES string of the molecule is Cc1ccc(NC(=O)OCC(F)(F)F)s1. The molecule has 84 valence electrons. The van der Waals surface area contributed by atoms with Gasteiger partial charge < -0.3 is 4.74 Å². The third-order valence-corrected chi connectivity index (χ3v) is 2.25. The van der Waals surface area contributed by atoms with E-state index in [2.05, 4.69) is 10.1 Å². The van der Waals surface area contributed by atoms with Crippen LogP contribution in [0.4, 0.5) is 23.0 Å². The van der Waals surface area contributed by atoms with Crippen LogP contribution >= 0.6 is 11.3 Å². The molecule has 3 nitrogen and oxygen atoms in total. The van der Waals surface area contributed by atoms with E-state index in [9.17, 15) is 18.0 Å². The maximum absolute atomic E-state index is 11.7. The molecule has 0 saturated heterocycles. The second-order valence-corrected chi connectivity index (χ2v) is 4.01. The lowest BCUT2D eigenvalue weighted by molar-refractivity contribution is -0.159. The van der Waals surface area contributed by atoms with E-state index in [1.807, 2.05) is 6.92 Å². The van der Waals surface area contributed by atoms with E-state index in [4.69, 9.17) is 0 Å². The number of anilines is 1. The first kappa shape index (κ1) is 11.8. The first-order valence-electron chi connectivity index (χ1n) is 3.94. The van der Waals surface area contributed by atoms with Gasteiger partial charge in [-0.3, -0.25) is 5.32 Å². The van der Waals surface area contributed by atoms with Crippen molar-refractivity contribution in [3.63, 3.8) is 0 Å². The summed E-state index contributed by atoms with van der Waals surface area (Å²) in [5, 5.41) is 2.65. The van der Waals surface area contributed by atoms with E-state index in [0.29, 0.717) is 5.00 Å². The van der Waals surface area contributed by atoms with Gasteiger partial charge in [-0.1, -0.05) is 0 Å². The summed E-state index contributed by atoms with van der Waals surface area (Å²) in [6.45, 7) is 0.236. The second-order valence-electron chi connectivity index (χ2n) is 2.73. The van der Waals surface area contributed by atoms with Gasteiger partial charge >= 0.3 is 12.3 Å². The molecule has 15 heavy (non-hydrogen) atoms. The van der Waals surface area contributed by atoms with Crippen molar-refractivity contribution in [1.82, 2.24) is 0 Å². The van der Waals surface area contributed by atoms with Crippen LogP contribution in [0, 0.1) is 6.92 Å². The molecule has 0 aliphatic carbocycles. The fourth-order valence-electron chi connectivity index (χ4n) is 0.786. The topological polar surface area (TPSA) is 38.3 Å². The van der Waals surface area contributed by atoms with Crippen molar-refractivity contribution < 1.29 is 22.7 Å². The molecular formula is C8H8F3NO2S. The highest BCUT2D eigenvalue weighted by Crippen LogP contribution is 2.21. The molecule has 0 saturated carbocycles. The monoisotopic (exact) mass is 239 g/mol. The predicted molar refractivity (Wildman–Crippen MR) is 50.1 cm³/mol. The smallest absolute Gasteiger partial charge is 0.422 e. The molecule has 0 aromatic carbocycles. The normalized spacial score (nSPS) is 11.2. The van der Waals surface area contributed by atoms with Crippen LogP contribution in [0.2, 0.25) is 0 Å². The first-order valence-corrected chi connectivity index (χ1v) is 4.75. The Kier molecular flexibility index (Phi) is 3.57. The number of hydrogen-bond donors (Lipinski definition) is 1. The standard InChI is InChI=1S/C8H8F3NO2S/c1-5-2-3-6(15-5)12-7(13)14-4-8(9,10)11/h2-3H,4H2,1H3,(H,12,13).